The van der Waals surface area contributed by atoms with Crippen LogP contribution in [0.25, 0.3) is 0 Å². The average Bonchev–Trinajstić information content (AvgIpc) is 2.30. The predicted molar refractivity (Wildman–Crippen MR) is 57.1 cm³/mol. The molecule has 0 aromatic heterocycles. The lowest BCUT2D eigenvalue weighted by molar-refractivity contribution is -0.147. The van der Waals surface area contributed by atoms with Crippen LogP contribution in [0.3, 0.4) is 0 Å². The number of ether oxygens (including phenoxy) is 1. The van der Waals surface area contributed by atoms with Gasteiger partial charge in [0, 0.05) is 0 Å². The molecular formula is C12H14O3. The monoisotopic (exact) mass is 206 g/mol. The highest BCUT2D eigenvalue weighted by Gasteiger charge is 2.25. The van der Waals surface area contributed by atoms with Gasteiger partial charge in [0.1, 0.15) is 5.92 Å². The van der Waals surface area contributed by atoms with Gasteiger partial charge in [-0.1, -0.05) is 36.4 Å². The summed E-state index contributed by atoms with van der Waals surface area (Å²) in [6.45, 7) is 3.52. The van der Waals surface area contributed by atoms with Crippen LogP contribution < -0.4 is 0 Å². The second kappa shape index (κ2) is 5.32. The SMILES string of the molecule is C=CC(C(=O)OC)C(O)c1ccccc1. The van der Waals surface area contributed by atoms with E-state index in [0.717, 1.165) is 0 Å². The van der Waals surface area contributed by atoms with Gasteiger partial charge in [0.2, 0.25) is 0 Å². The molecule has 1 aromatic rings. The van der Waals surface area contributed by atoms with E-state index in [4.69, 9.17) is 0 Å². The van der Waals surface area contributed by atoms with Crippen molar-refractivity contribution in [3.63, 3.8) is 0 Å². The van der Waals surface area contributed by atoms with Crippen molar-refractivity contribution in [2.24, 2.45) is 5.92 Å². The maximum absolute atomic E-state index is 11.3. The van der Waals surface area contributed by atoms with Crippen molar-refractivity contribution >= 4 is 5.97 Å². The molecule has 1 rings (SSSR count). The van der Waals surface area contributed by atoms with Crippen LogP contribution >= 0.6 is 0 Å². The maximum atomic E-state index is 11.3. The Morgan fingerprint density at radius 2 is 2.07 bits per heavy atom. The third-order valence-corrected chi connectivity index (χ3v) is 2.21. The van der Waals surface area contributed by atoms with E-state index < -0.39 is 18.0 Å². The van der Waals surface area contributed by atoms with Crippen LogP contribution in [-0.2, 0) is 9.53 Å². The number of rotatable bonds is 4. The number of aliphatic hydroxyl groups excluding tert-OH is 1. The Morgan fingerprint density at radius 1 is 1.47 bits per heavy atom. The highest BCUT2D eigenvalue weighted by atomic mass is 16.5. The van der Waals surface area contributed by atoms with Crippen LogP contribution in [0.1, 0.15) is 11.7 Å². The van der Waals surface area contributed by atoms with E-state index in [1.54, 1.807) is 24.3 Å². The first-order valence-electron chi connectivity index (χ1n) is 4.64. The minimum absolute atomic E-state index is 0.485. The summed E-state index contributed by atoms with van der Waals surface area (Å²) in [5.74, 6) is -1.21. The van der Waals surface area contributed by atoms with E-state index in [9.17, 15) is 9.90 Å². The smallest absolute Gasteiger partial charge is 0.315 e. The van der Waals surface area contributed by atoms with Gasteiger partial charge in [0.15, 0.2) is 0 Å². The Labute approximate surface area is 89.0 Å². The van der Waals surface area contributed by atoms with Crippen molar-refractivity contribution in [1.29, 1.82) is 0 Å². The Hall–Kier alpha value is -1.61. The molecule has 2 unspecified atom stereocenters. The Morgan fingerprint density at radius 3 is 2.53 bits per heavy atom. The molecule has 0 spiro atoms. The minimum Gasteiger partial charge on any atom is -0.468 e. The topological polar surface area (TPSA) is 46.5 Å². The van der Waals surface area contributed by atoms with Crippen molar-refractivity contribution < 1.29 is 14.6 Å². The van der Waals surface area contributed by atoms with Crippen LogP contribution in [0.5, 0.6) is 0 Å². The number of aliphatic hydroxyl groups is 1. The summed E-state index contributed by atoms with van der Waals surface area (Å²) in [7, 11) is 1.29. The lowest BCUT2D eigenvalue weighted by Gasteiger charge is -2.17. The second-order valence-electron chi connectivity index (χ2n) is 3.14. The molecule has 1 aromatic carbocycles. The van der Waals surface area contributed by atoms with Gasteiger partial charge in [-0.2, -0.15) is 0 Å². The molecule has 0 fully saturated rings. The van der Waals surface area contributed by atoms with Gasteiger partial charge < -0.3 is 9.84 Å². The number of methoxy groups -OCH3 is 1. The molecule has 0 saturated heterocycles. The number of carbonyl (C=O) groups is 1. The predicted octanol–water partition coefficient (Wildman–Crippen LogP) is 1.70. The standard InChI is InChI=1S/C12H14O3/c1-3-10(12(14)15-2)11(13)9-7-5-4-6-8-9/h3-8,10-11,13H,1H2,2H3. The summed E-state index contributed by atoms with van der Waals surface area (Å²) in [5, 5.41) is 9.91. The van der Waals surface area contributed by atoms with Crippen molar-refractivity contribution in [2.45, 2.75) is 6.10 Å². The van der Waals surface area contributed by atoms with Gasteiger partial charge in [-0.3, -0.25) is 4.79 Å². The molecular weight excluding hydrogens is 192 g/mol. The molecule has 0 heterocycles. The largest absolute Gasteiger partial charge is 0.468 e. The van der Waals surface area contributed by atoms with E-state index in [2.05, 4.69) is 11.3 Å². The van der Waals surface area contributed by atoms with Gasteiger partial charge in [-0.05, 0) is 5.56 Å². The van der Waals surface area contributed by atoms with E-state index in [-0.39, 0.29) is 0 Å². The Bertz CT molecular complexity index is 332. The van der Waals surface area contributed by atoms with Crippen molar-refractivity contribution in [3.05, 3.63) is 48.6 Å². The quantitative estimate of drug-likeness (QED) is 0.602. The lowest BCUT2D eigenvalue weighted by Crippen LogP contribution is -2.21. The molecule has 15 heavy (non-hydrogen) atoms. The van der Waals surface area contributed by atoms with Crippen LogP contribution in [0.15, 0.2) is 43.0 Å². The second-order valence-corrected chi connectivity index (χ2v) is 3.14. The Kier molecular flexibility index (Phi) is 4.06. The molecule has 0 radical (unpaired) electrons. The van der Waals surface area contributed by atoms with Crippen molar-refractivity contribution in [2.75, 3.05) is 7.11 Å². The molecule has 0 bridgehead atoms. The first-order valence-corrected chi connectivity index (χ1v) is 4.64. The first kappa shape index (κ1) is 11.5. The molecule has 3 nitrogen and oxygen atoms in total. The average molecular weight is 206 g/mol. The van der Waals surface area contributed by atoms with E-state index in [1.807, 2.05) is 6.07 Å². The fourth-order valence-electron chi connectivity index (χ4n) is 1.35. The molecule has 2 atom stereocenters. The normalized spacial score (nSPS) is 14.0. The third-order valence-electron chi connectivity index (χ3n) is 2.21. The zero-order valence-corrected chi connectivity index (χ0v) is 8.59. The third kappa shape index (κ3) is 2.67. The van der Waals surface area contributed by atoms with Gasteiger partial charge in [0.25, 0.3) is 0 Å². The molecule has 0 aliphatic carbocycles. The van der Waals surface area contributed by atoms with Gasteiger partial charge in [0.05, 0.1) is 13.2 Å². The summed E-state index contributed by atoms with van der Waals surface area (Å²) in [5.41, 5.74) is 0.674. The number of hydrogen-bond acceptors (Lipinski definition) is 3. The fourth-order valence-corrected chi connectivity index (χ4v) is 1.35. The van der Waals surface area contributed by atoms with Crippen LogP contribution in [-0.4, -0.2) is 18.2 Å². The molecule has 1 N–H and O–H groups in total. The van der Waals surface area contributed by atoms with Gasteiger partial charge >= 0.3 is 5.97 Å². The Balaban J connectivity index is 2.87. The van der Waals surface area contributed by atoms with Crippen LogP contribution in [0.2, 0.25) is 0 Å². The zero-order chi connectivity index (χ0) is 11.3. The molecule has 0 saturated carbocycles. The summed E-state index contributed by atoms with van der Waals surface area (Å²) in [6, 6.07) is 8.96. The molecule has 0 aliphatic heterocycles. The van der Waals surface area contributed by atoms with Gasteiger partial charge in [-0.15, -0.1) is 6.58 Å². The molecule has 3 heteroatoms. The first-order chi connectivity index (χ1) is 7.20. The summed E-state index contributed by atoms with van der Waals surface area (Å²) in [6.07, 6.45) is 0.486. The maximum Gasteiger partial charge on any atom is 0.315 e. The van der Waals surface area contributed by atoms with E-state index in [1.165, 1.54) is 13.2 Å². The summed E-state index contributed by atoms with van der Waals surface area (Å²) in [4.78, 5) is 11.3. The van der Waals surface area contributed by atoms with E-state index >= 15 is 0 Å². The number of carbonyl (C=O) groups excluding carboxylic acids is 1. The fraction of sp³-hybridized carbons (Fsp3) is 0.250. The van der Waals surface area contributed by atoms with Crippen LogP contribution in [0.4, 0.5) is 0 Å². The summed E-state index contributed by atoms with van der Waals surface area (Å²) < 4.78 is 4.58. The highest BCUT2D eigenvalue weighted by Crippen LogP contribution is 2.23. The number of benzene rings is 1. The van der Waals surface area contributed by atoms with Gasteiger partial charge in [-0.25, -0.2) is 0 Å². The molecule has 0 aliphatic rings. The lowest BCUT2D eigenvalue weighted by atomic mass is 9.96. The number of hydrogen-bond donors (Lipinski definition) is 1. The van der Waals surface area contributed by atoms with Crippen molar-refractivity contribution in [1.82, 2.24) is 0 Å². The summed E-state index contributed by atoms with van der Waals surface area (Å²) >= 11 is 0. The number of esters is 1. The van der Waals surface area contributed by atoms with Crippen LogP contribution in [0, 0.1) is 5.92 Å². The zero-order valence-electron chi connectivity index (χ0n) is 8.59. The van der Waals surface area contributed by atoms with Crippen molar-refractivity contribution in [3.8, 4) is 0 Å². The molecule has 0 amide bonds. The minimum atomic E-state index is -0.906. The highest BCUT2D eigenvalue weighted by molar-refractivity contribution is 5.75. The van der Waals surface area contributed by atoms with E-state index in [0.29, 0.717) is 5.56 Å². The molecule has 80 valence electrons.